The number of phenols is 1. The third kappa shape index (κ3) is 7.22. The van der Waals surface area contributed by atoms with E-state index in [9.17, 15) is 25.2 Å². The molecule has 11 nitrogen and oxygen atoms in total. The van der Waals surface area contributed by atoms with Crippen molar-refractivity contribution in [2.24, 2.45) is 0 Å². The molecule has 1 saturated heterocycles. The monoisotopic (exact) mass is 629 g/mol. The van der Waals surface area contributed by atoms with Crippen molar-refractivity contribution in [1.29, 1.82) is 0 Å². The van der Waals surface area contributed by atoms with Crippen molar-refractivity contribution in [3.8, 4) is 33.9 Å². The summed E-state index contributed by atoms with van der Waals surface area (Å²) in [6.45, 7) is 9.73. The smallest absolute Gasteiger partial charge is 0.368 e. The molecule has 3 aromatic rings. The predicted octanol–water partition coefficient (Wildman–Crippen LogP) is 3.80. The summed E-state index contributed by atoms with van der Waals surface area (Å²) in [5, 5.41) is 39.2. The standard InChI is InChI=1S/C31H37ClFN5O6/c1-30(2,3)38-12-10-36(11-13-38)27-15-21(18-34-29(27)44-5)24-17-22(33)16-23(28(24)40)20-6-7-26(25(32)14-20)37(19-39)9-8-35(4)31(41,42)43/h6-9,14-19,40-43H,10-13H2,1-5H3/b9-8-. The van der Waals surface area contributed by atoms with E-state index in [4.69, 9.17) is 16.3 Å². The minimum atomic E-state index is -3.13. The Hall–Kier alpha value is -3.94. The number of hydrogen-bond acceptors (Lipinski definition) is 10. The Bertz CT molecular complexity index is 1530. The molecule has 4 N–H and O–H groups in total. The number of benzene rings is 2. The van der Waals surface area contributed by atoms with E-state index in [0.29, 0.717) is 28.3 Å². The van der Waals surface area contributed by atoms with Crippen molar-refractivity contribution in [2.45, 2.75) is 32.4 Å². The van der Waals surface area contributed by atoms with Crippen molar-refractivity contribution < 1.29 is 34.3 Å². The number of amides is 1. The maximum absolute atomic E-state index is 15.0. The van der Waals surface area contributed by atoms with Crippen LogP contribution in [0.25, 0.3) is 22.3 Å². The van der Waals surface area contributed by atoms with Crippen LogP contribution in [0.15, 0.2) is 55.0 Å². The molecule has 1 aliphatic rings. The van der Waals surface area contributed by atoms with Gasteiger partial charge in [0.05, 0.1) is 17.8 Å². The second-order valence-electron chi connectivity index (χ2n) is 11.4. The normalized spacial score (nSPS) is 14.6. The number of anilines is 2. The summed E-state index contributed by atoms with van der Waals surface area (Å²) in [5.74, 6) is -0.353. The number of aromatic nitrogens is 1. The first kappa shape index (κ1) is 33.0. The van der Waals surface area contributed by atoms with Gasteiger partial charge >= 0.3 is 6.10 Å². The van der Waals surface area contributed by atoms with E-state index in [2.05, 4.69) is 35.6 Å². The Morgan fingerprint density at radius 3 is 2.18 bits per heavy atom. The van der Waals surface area contributed by atoms with E-state index in [1.165, 1.54) is 37.5 Å². The average Bonchev–Trinajstić information content (AvgIpc) is 2.97. The summed E-state index contributed by atoms with van der Waals surface area (Å²) in [6.07, 6.45) is 1.01. The van der Waals surface area contributed by atoms with Crippen LogP contribution in [0.1, 0.15) is 20.8 Å². The van der Waals surface area contributed by atoms with Crippen molar-refractivity contribution in [3.05, 3.63) is 65.8 Å². The molecule has 1 aliphatic heterocycles. The van der Waals surface area contributed by atoms with E-state index in [1.54, 1.807) is 13.2 Å². The summed E-state index contributed by atoms with van der Waals surface area (Å²) in [5.41, 5.74) is 2.27. The molecule has 0 unspecified atom stereocenters. The number of piperazine rings is 1. The zero-order valence-corrected chi connectivity index (χ0v) is 26.0. The number of hydrogen-bond donors (Lipinski definition) is 4. The van der Waals surface area contributed by atoms with Crippen molar-refractivity contribution >= 4 is 29.4 Å². The number of methoxy groups -OCH3 is 1. The van der Waals surface area contributed by atoms with Crippen molar-refractivity contribution in [3.63, 3.8) is 0 Å². The van der Waals surface area contributed by atoms with E-state index >= 15 is 4.39 Å². The number of aromatic hydroxyl groups is 1. The van der Waals surface area contributed by atoms with Gasteiger partial charge in [0, 0.05) is 74.1 Å². The number of pyridine rings is 1. The Labute approximate surface area is 260 Å². The lowest BCUT2D eigenvalue weighted by molar-refractivity contribution is -0.376. The Balaban J connectivity index is 1.67. The minimum absolute atomic E-state index is 0.0485. The zero-order chi connectivity index (χ0) is 32.4. The third-order valence-corrected chi connectivity index (χ3v) is 7.86. The average molecular weight is 630 g/mol. The molecule has 0 bridgehead atoms. The first-order chi connectivity index (χ1) is 20.6. The molecule has 13 heteroatoms. The van der Waals surface area contributed by atoms with E-state index < -0.39 is 11.9 Å². The van der Waals surface area contributed by atoms with Crippen LogP contribution in [0.5, 0.6) is 11.6 Å². The van der Waals surface area contributed by atoms with Gasteiger partial charge in [-0.15, -0.1) is 0 Å². The number of aliphatic hydroxyl groups is 3. The minimum Gasteiger partial charge on any atom is -0.507 e. The molecule has 2 heterocycles. The SMILES string of the molecule is COc1ncc(-c2cc(F)cc(-c3ccc(N(C=O)/C=C\N(C)C(O)(O)O)c(Cl)c3)c2O)cc1N1CCN(C(C)(C)C)CC1. The van der Waals surface area contributed by atoms with Gasteiger partial charge in [-0.25, -0.2) is 9.37 Å². The molecule has 1 aromatic heterocycles. The molecule has 0 atom stereocenters. The largest absolute Gasteiger partial charge is 0.507 e. The molecule has 2 aromatic carbocycles. The van der Waals surface area contributed by atoms with Crippen LogP contribution in [0, 0.1) is 5.82 Å². The molecule has 4 rings (SSSR count). The fraction of sp³-hybridized carbons (Fsp3) is 0.355. The maximum atomic E-state index is 15.0. The van der Waals surface area contributed by atoms with E-state index in [-0.39, 0.29) is 33.1 Å². The predicted molar refractivity (Wildman–Crippen MR) is 167 cm³/mol. The van der Waals surface area contributed by atoms with Crippen LogP contribution in [0.4, 0.5) is 15.8 Å². The maximum Gasteiger partial charge on any atom is 0.368 e. The molecular formula is C31H37ClFN5O6. The summed E-state index contributed by atoms with van der Waals surface area (Å²) >= 11 is 6.48. The molecule has 0 radical (unpaired) electrons. The van der Waals surface area contributed by atoms with Crippen LogP contribution >= 0.6 is 11.6 Å². The van der Waals surface area contributed by atoms with Crippen LogP contribution in [0.2, 0.25) is 5.02 Å². The van der Waals surface area contributed by atoms with Gasteiger partial charge in [0.25, 0.3) is 0 Å². The Morgan fingerprint density at radius 1 is 1.00 bits per heavy atom. The lowest BCUT2D eigenvalue weighted by Crippen LogP contribution is -2.53. The summed E-state index contributed by atoms with van der Waals surface area (Å²) in [4.78, 5) is 22.4. The van der Waals surface area contributed by atoms with Crippen molar-refractivity contribution in [2.75, 3.05) is 50.1 Å². The van der Waals surface area contributed by atoms with E-state index in [1.807, 2.05) is 6.07 Å². The lowest BCUT2D eigenvalue weighted by atomic mass is 9.97. The van der Waals surface area contributed by atoms with Gasteiger partial charge in [-0.3, -0.25) is 14.6 Å². The molecule has 0 saturated carbocycles. The number of halogens is 2. The quantitative estimate of drug-likeness (QED) is 0.205. The molecule has 1 amide bonds. The highest BCUT2D eigenvalue weighted by Gasteiger charge is 2.28. The highest BCUT2D eigenvalue weighted by atomic mass is 35.5. The van der Waals surface area contributed by atoms with Gasteiger partial charge in [0.15, 0.2) is 0 Å². The molecule has 1 fully saturated rings. The molecule has 0 aliphatic carbocycles. The number of phenolic OH excluding ortho intramolecular Hbond substituents is 1. The first-order valence-corrected chi connectivity index (χ1v) is 14.2. The third-order valence-electron chi connectivity index (χ3n) is 7.55. The van der Waals surface area contributed by atoms with E-state index in [0.717, 1.165) is 49.2 Å². The number of rotatable bonds is 9. The van der Waals surface area contributed by atoms with Gasteiger partial charge in [0.1, 0.15) is 17.3 Å². The highest BCUT2D eigenvalue weighted by molar-refractivity contribution is 6.34. The molecular weight excluding hydrogens is 593 g/mol. The fourth-order valence-electron chi connectivity index (χ4n) is 4.96. The number of carbonyl (C=O) groups excluding carboxylic acids is 1. The van der Waals surface area contributed by atoms with Gasteiger partial charge in [0.2, 0.25) is 12.3 Å². The second-order valence-corrected chi connectivity index (χ2v) is 11.8. The summed E-state index contributed by atoms with van der Waals surface area (Å²) < 4.78 is 20.6. The molecule has 44 heavy (non-hydrogen) atoms. The fourth-order valence-corrected chi connectivity index (χ4v) is 5.24. The lowest BCUT2D eigenvalue weighted by Gasteiger charge is -2.43. The van der Waals surface area contributed by atoms with Crippen LogP contribution in [-0.4, -0.2) is 93.6 Å². The van der Waals surface area contributed by atoms with Crippen LogP contribution in [-0.2, 0) is 4.79 Å². The highest BCUT2D eigenvalue weighted by Crippen LogP contribution is 2.42. The number of nitrogens with zero attached hydrogens (tertiary/aromatic N) is 5. The van der Waals surface area contributed by atoms with Gasteiger partial charge in [-0.2, -0.15) is 0 Å². The van der Waals surface area contributed by atoms with Gasteiger partial charge < -0.3 is 35.0 Å². The first-order valence-electron chi connectivity index (χ1n) is 13.8. The van der Waals surface area contributed by atoms with Crippen molar-refractivity contribution in [1.82, 2.24) is 14.8 Å². The summed E-state index contributed by atoms with van der Waals surface area (Å²) in [6, 6.07) is 8.74. The van der Waals surface area contributed by atoms with Gasteiger partial charge in [-0.05, 0) is 56.7 Å². The zero-order valence-electron chi connectivity index (χ0n) is 25.2. The molecule has 236 valence electrons. The van der Waals surface area contributed by atoms with Gasteiger partial charge in [-0.1, -0.05) is 17.7 Å². The molecule has 0 spiro atoms. The Morgan fingerprint density at radius 2 is 1.64 bits per heavy atom. The Kier molecular flexibility index (Phi) is 9.71. The topological polar surface area (TPSA) is 133 Å². The van der Waals surface area contributed by atoms with Crippen LogP contribution < -0.4 is 14.5 Å². The number of carbonyl (C=O) groups is 1. The number of ether oxygens (including phenoxy) is 1. The second kappa shape index (κ2) is 13.0. The summed E-state index contributed by atoms with van der Waals surface area (Å²) in [7, 11) is 2.71. The van der Waals surface area contributed by atoms with Crippen LogP contribution in [0.3, 0.4) is 0 Å².